The number of aliphatic carboxylic acids is 1. The van der Waals surface area contributed by atoms with Crippen molar-refractivity contribution in [2.45, 2.75) is 62.8 Å². The van der Waals surface area contributed by atoms with Crippen molar-refractivity contribution in [3.8, 4) is 0 Å². The molecule has 1 heterocycles. The molecular weight excluding hydrogens is 431 g/mol. The van der Waals surface area contributed by atoms with E-state index in [1.807, 2.05) is 24.3 Å². The number of allylic oxidation sites excluding steroid dienone is 2. The number of nitrogens with one attached hydrogen (secondary N) is 1. The molecule has 1 aliphatic heterocycles. The van der Waals surface area contributed by atoms with Crippen LogP contribution in [0.15, 0.2) is 53.8 Å². The minimum Gasteiger partial charge on any atom is -0.489 e. The number of benzene rings is 1. The zero-order valence-corrected chi connectivity index (χ0v) is 18.3. The van der Waals surface area contributed by atoms with Crippen LogP contribution in [-0.4, -0.2) is 23.2 Å². The van der Waals surface area contributed by atoms with Crippen molar-refractivity contribution in [1.82, 2.24) is 5.32 Å². The monoisotopic (exact) mass is 459 g/mol. The van der Waals surface area contributed by atoms with E-state index in [1.54, 1.807) is 12.1 Å². The van der Waals surface area contributed by atoms with E-state index in [0.29, 0.717) is 23.4 Å². The highest BCUT2D eigenvalue weighted by Gasteiger charge is 2.52. The third kappa shape index (κ3) is 4.01. The number of halogens is 3. The fraction of sp³-hybridized carbons (Fsp3) is 0.500. The summed E-state index contributed by atoms with van der Waals surface area (Å²) in [5.74, 6) is -0.0557. The molecule has 3 atom stereocenters. The number of rotatable bonds is 6. The first-order chi connectivity index (χ1) is 15.8. The maximum Gasteiger partial charge on any atom is 0.416 e. The van der Waals surface area contributed by atoms with Crippen molar-refractivity contribution in [2.75, 3.05) is 6.54 Å². The van der Waals surface area contributed by atoms with Crippen LogP contribution in [0.2, 0.25) is 0 Å². The number of alkyl halides is 3. The van der Waals surface area contributed by atoms with Gasteiger partial charge >= 0.3 is 12.1 Å². The normalized spacial score (nSPS) is 28.9. The summed E-state index contributed by atoms with van der Waals surface area (Å²) in [5, 5.41) is 12.7. The molecule has 4 aliphatic rings. The van der Waals surface area contributed by atoms with Gasteiger partial charge in [0.05, 0.1) is 11.1 Å². The van der Waals surface area contributed by atoms with Gasteiger partial charge in [0.1, 0.15) is 12.4 Å². The summed E-state index contributed by atoms with van der Waals surface area (Å²) in [6, 6.07) is 4.62. The van der Waals surface area contributed by atoms with Gasteiger partial charge in [-0.3, -0.25) is 4.79 Å². The third-order valence-corrected chi connectivity index (χ3v) is 7.74. The van der Waals surface area contributed by atoms with Gasteiger partial charge < -0.3 is 15.2 Å². The van der Waals surface area contributed by atoms with Crippen LogP contribution in [0.3, 0.4) is 0 Å². The highest BCUT2D eigenvalue weighted by molar-refractivity contribution is 5.67. The molecule has 3 aliphatic carbocycles. The maximum atomic E-state index is 13.8. The molecule has 2 fully saturated rings. The lowest BCUT2D eigenvalue weighted by atomic mass is 9.71. The summed E-state index contributed by atoms with van der Waals surface area (Å²) < 4.78 is 47.4. The zero-order valence-electron chi connectivity index (χ0n) is 18.3. The second kappa shape index (κ2) is 8.35. The van der Waals surface area contributed by atoms with Crippen LogP contribution in [0.1, 0.15) is 61.1 Å². The largest absolute Gasteiger partial charge is 0.489 e. The Bertz CT molecular complexity index is 1040. The Morgan fingerprint density at radius 2 is 2.00 bits per heavy atom. The molecule has 1 aromatic rings. The number of ether oxygens (including phenoxy) is 1. The molecule has 7 heteroatoms. The van der Waals surface area contributed by atoms with E-state index >= 15 is 0 Å². The molecule has 0 bridgehead atoms. The molecule has 1 spiro atoms. The Kier molecular flexibility index (Phi) is 5.63. The van der Waals surface area contributed by atoms with Gasteiger partial charge in [0.2, 0.25) is 0 Å². The van der Waals surface area contributed by atoms with E-state index in [2.05, 4.69) is 5.32 Å². The van der Waals surface area contributed by atoms with Crippen LogP contribution in [0.4, 0.5) is 13.2 Å². The topological polar surface area (TPSA) is 58.6 Å². The SMILES string of the molecule is O=C(O)CC1CNC23C=CC(OCc4ccc(C5CCCC5)c(C(F)(F)F)c4)=C2C=CCC13. The van der Waals surface area contributed by atoms with Gasteiger partial charge in [-0.25, -0.2) is 0 Å². The Labute approximate surface area is 191 Å². The van der Waals surface area contributed by atoms with E-state index in [-0.39, 0.29) is 30.8 Å². The van der Waals surface area contributed by atoms with Gasteiger partial charge in [0.25, 0.3) is 0 Å². The summed E-state index contributed by atoms with van der Waals surface area (Å²) in [7, 11) is 0. The molecule has 0 amide bonds. The molecule has 2 N–H and O–H groups in total. The lowest BCUT2D eigenvalue weighted by Crippen LogP contribution is -2.45. The van der Waals surface area contributed by atoms with E-state index < -0.39 is 23.2 Å². The molecular formula is C26H28F3NO3. The Hall–Kier alpha value is -2.54. The van der Waals surface area contributed by atoms with Gasteiger partial charge in [-0.15, -0.1) is 0 Å². The van der Waals surface area contributed by atoms with Crippen LogP contribution in [0.5, 0.6) is 0 Å². The number of hydrogen-bond donors (Lipinski definition) is 2. The van der Waals surface area contributed by atoms with Crippen LogP contribution in [0.25, 0.3) is 0 Å². The second-order valence-electron chi connectivity index (χ2n) is 9.65. The second-order valence-corrected chi connectivity index (χ2v) is 9.65. The fourth-order valence-corrected chi connectivity index (χ4v) is 6.20. The molecule has 1 saturated heterocycles. The first-order valence-electron chi connectivity index (χ1n) is 11.7. The highest BCUT2D eigenvalue weighted by atomic mass is 19.4. The van der Waals surface area contributed by atoms with Gasteiger partial charge in [0, 0.05) is 18.5 Å². The summed E-state index contributed by atoms with van der Waals surface area (Å²) >= 11 is 0. The molecule has 176 valence electrons. The lowest BCUT2D eigenvalue weighted by molar-refractivity contribution is -0.139. The van der Waals surface area contributed by atoms with Gasteiger partial charge in [-0.05, 0) is 60.3 Å². The van der Waals surface area contributed by atoms with Crippen LogP contribution in [0, 0.1) is 11.8 Å². The van der Waals surface area contributed by atoms with E-state index in [0.717, 1.165) is 37.7 Å². The Morgan fingerprint density at radius 1 is 1.21 bits per heavy atom. The summed E-state index contributed by atoms with van der Waals surface area (Å²) in [4.78, 5) is 11.3. The average molecular weight is 460 g/mol. The summed E-state index contributed by atoms with van der Waals surface area (Å²) in [5.41, 5.74) is 0.839. The van der Waals surface area contributed by atoms with Crippen molar-refractivity contribution in [1.29, 1.82) is 0 Å². The highest BCUT2D eigenvalue weighted by Crippen LogP contribution is 2.49. The van der Waals surface area contributed by atoms with Crippen molar-refractivity contribution in [3.05, 3.63) is 70.5 Å². The van der Waals surface area contributed by atoms with Crippen molar-refractivity contribution in [2.24, 2.45) is 11.8 Å². The molecule has 4 nitrogen and oxygen atoms in total. The fourth-order valence-electron chi connectivity index (χ4n) is 6.20. The number of hydrogen-bond acceptors (Lipinski definition) is 3. The summed E-state index contributed by atoms with van der Waals surface area (Å²) in [6.45, 7) is 0.654. The Balaban J connectivity index is 1.36. The minimum absolute atomic E-state index is 0.0175. The van der Waals surface area contributed by atoms with E-state index in [1.165, 1.54) is 6.07 Å². The van der Waals surface area contributed by atoms with Gasteiger partial charge in [-0.1, -0.05) is 43.2 Å². The predicted octanol–water partition coefficient (Wildman–Crippen LogP) is 5.71. The Morgan fingerprint density at radius 3 is 2.73 bits per heavy atom. The van der Waals surface area contributed by atoms with Crippen molar-refractivity contribution in [3.63, 3.8) is 0 Å². The van der Waals surface area contributed by atoms with Crippen LogP contribution in [-0.2, 0) is 22.3 Å². The van der Waals surface area contributed by atoms with E-state index in [9.17, 15) is 23.1 Å². The minimum atomic E-state index is -4.39. The predicted molar refractivity (Wildman–Crippen MR) is 117 cm³/mol. The van der Waals surface area contributed by atoms with Gasteiger partial charge in [0.15, 0.2) is 0 Å². The van der Waals surface area contributed by atoms with E-state index in [4.69, 9.17) is 4.74 Å². The molecule has 0 aromatic heterocycles. The molecule has 3 unspecified atom stereocenters. The smallest absolute Gasteiger partial charge is 0.416 e. The quantitative estimate of drug-likeness (QED) is 0.572. The summed E-state index contributed by atoms with van der Waals surface area (Å²) in [6.07, 6.45) is 8.00. The third-order valence-electron chi connectivity index (χ3n) is 7.74. The number of carboxylic acid groups (broad SMARTS) is 1. The first-order valence-corrected chi connectivity index (χ1v) is 11.7. The molecule has 0 radical (unpaired) electrons. The molecule has 1 aromatic carbocycles. The number of carboxylic acids is 1. The van der Waals surface area contributed by atoms with Crippen LogP contribution >= 0.6 is 0 Å². The average Bonchev–Trinajstić information content (AvgIpc) is 3.49. The molecule has 5 rings (SSSR count). The zero-order chi connectivity index (χ0) is 23.2. The number of carbonyl (C=O) groups is 1. The van der Waals surface area contributed by atoms with Crippen LogP contribution < -0.4 is 5.32 Å². The van der Waals surface area contributed by atoms with Crippen molar-refractivity contribution < 1.29 is 27.8 Å². The van der Waals surface area contributed by atoms with Gasteiger partial charge in [-0.2, -0.15) is 13.2 Å². The van der Waals surface area contributed by atoms with Crippen molar-refractivity contribution >= 4 is 5.97 Å². The molecule has 33 heavy (non-hydrogen) atoms. The maximum absolute atomic E-state index is 13.8. The first kappa shape index (κ1) is 22.3. The lowest BCUT2D eigenvalue weighted by Gasteiger charge is -2.36. The molecule has 1 saturated carbocycles. The standard InChI is InChI=1S/C26H28F3NO3/c27-26(28,29)22-12-16(8-9-19(22)17-4-1-2-5-17)15-33-23-10-11-25-20(6-3-7-21(23)25)18(14-30-25)13-24(31)32/h3,7-12,17-18,20,30H,1-2,4-6,13-15H2,(H,31,32).